The number of hydrogen-bond donors (Lipinski definition) is 1. The molecule has 0 aliphatic carbocycles. The number of carbonyl (C=O) groups excluding carboxylic acids is 1. The van der Waals surface area contributed by atoms with Gasteiger partial charge in [-0.2, -0.15) is 0 Å². The van der Waals surface area contributed by atoms with Crippen LogP contribution in [0.5, 0.6) is 0 Å². The monoisotopic (exact) mass is 314 g/mol. The van der Waals surface area contributed by atoms with Crippen molar-refractivity contribution in [2.24, 2.45) is 0 Å². The quantitative estimate of drug-likeness (QED) is 0.946. The van der Waals surface area contributed by atoms with Crippen LogP contribution < -0.4 is 5.32 Å². The van der Waals surface area contributed by atoms with Crippen molar-refractivity contribution >= 4 is 33.2 Å². The Balaban J connectivity index is 2.03. The molecule has 0 bridgehead atoms. The summed E-state index contributed by atoms with van der Waals surface area (Å²) in [7, 11) is 0. The number of rotatable bonds is 3. The standard InChI is InChI=1S/C11H8BrFN2OS/c12-8-1-2-9(13)7(3-8)4-14-11(16)10-5-17-6-15-10/h1-3,5-6H,4H2,(H,14,16). The average Bonchev–Trinajstić information content (AvgIpc) is 2.83. The Kier molecular flexibility index (Phi) is 3.86. The molecule has 0 radical (unpaired) electrons. The van der Waals surface area contributed by atoms with Gasteiger partial charge >= 0.3 is 0 Å². The number of halogens is 2. The third-order valence-electron chi connectivity index (χ3n) is 2.11. The van der Waals surface area contributed by atoms with Crippen molar-refractivity contribution < 1.29 is 9.18 Å². The molecule has 3 nitrogen and oxygen atoms in total. The van der Waals surface area contributed by atoms with Gasteiger partial charge in [0.2, 0.25) is 0 Å². The molecule has 0 atom stereocenters. The van der Waals surface area contributed by atoms with Crippen LogP contribution in [0.3, 0.4) is 0 Å². The highest BCUT2D eigenvalue weighted by atomic mass is 79.9. The zero-order valence-corrected chi connectivity index (χ0v) is 11.0. The molecule has 1 aromatic heterocycles. The summed E-state index contributed by atoms with van der Waals surface area (Å²) >= 11 is 4.59. The lowest BCUT2D eigenvalue weighted by Gasteiger charge is -2.05. The first kappa shape index (κ1) is 12.2. The van der Waals surface area contributed by atoms with Crippen LogP contribution >= 0.6 is 27.3 Å². The van der Waals surface area contributed by atoms with E-state index in [0.29, 0.717) is 11.3 Å². The van der Waals surface area contributed by atoms with Crippen LogP contribution in [-0.4, -0.2) is 10.9 Å². The topological polar surface area (TPSA) is 42.0 Å². The van der Waals surface area contributed by atoms with Crippen LogP contribution in [0.2, 0.25) is 0 Å². The highest BCUT2D eigenvalue weighted by Crippen LogP contribution is 2.15. The predicted molar refractivity (Wildman–Crippen MR) is 67.4 cm³/mol. The van der Waals surface area contributed by atoms with Crippen molar-refractivity contribution in [1.29, 1.82) is 0 Å². The number of nitrogens with one attached hydrogen (secondary N) is 1. The van der Waals surface area contributed by atoms with Crippen LogP contribution in [0.15, 0.2) is 33.6 Å². The van der Waals surface area contributed by atoms with Crippen molar-refractivity contribution in [2.45, 2.75) is 6.54 Å². The van der Waals surface area contributed by atoms with E-state index in [1.165, 1.54) is 17.4 Å². The molecule has 2 rings (SSSR count). The lowest BCUT2D eigenvalue weighted by molar-refractivity contribution is 0.0946. The van der Waals surface area contributed by atoms with Gasteiger partial charge in [-0.15, -0.1) is 11.3 Å². The minimum Gasteiger partial charge on any atom is -0.346 e. The summed E-state index contributed by atoms with van der Waals surface area (Å²) < 4.78 is 14.2. The van der Waals surface area contributed by atoms with Gasteiger partial charge in [-0.3, -0.25) is 4.79 Å². The molecule has 1 aromatic carbocycles. The molecule has 0 fully saturated rings. The summed E-state index contributed by atoms with van der Waals surface area (Å²) in [5.74, 6) is -0.641. The van der Waals surface area contributed by atoms with Crippen molar-refractivity contribution in [2.75, 3.05) is 0 Å². The molecule has 0 unspecified atom stereocenters. The smallest absolute Gasteiger partial charge is 0.271 e. The number of amides is 1. The largest absolute Gasteiger partial charge is 0.346 e. The maximum absolute atomic E-state index is 13.4. The van der Waals surface area contributed by atoms with Gasteiger partial charge < -0.3 is 5.32 Å². The third-order valence-corrected chi connectivity index (χ3v) is 3.19. The lowest BCUT2D eigenvalue weighted by Crippen LogP contribution is -2.23. The molecule has 0 spiro atoms. The highest BCUT2D eigenvalue weighted by molar-refractivity contribution is 9.10. The summed E-state index contributed by atoms with van der Waals surface area (Å²) in [6.45, 7) is 0.141. The number of nitrogens with zero attached hydrogens (tertiary/aromatic N) is 1. The Hall–Kier alpha value is -1.27. The number of benzene rings is 1. The van der Waals surface area contributed by atoms with Crippen LogP contribution in [0.1, 0.15) is 16.1 Å². The molecular formula is C11H8BrFN2OS. The van der Waals surface area contributed by atoms with Gasteiger partial charge in [0, 0.05) is 22.0 Å². The molecule has 88 valence electrons. The summed E-state index contributed by atoms with van der Waals surface area (Å²) in [5.41, 5.74) is 2.36. The number of thiazole rings is 1. The normalized spacial score (nSPS) is 10.2. The zero-order valence-electron chi connectivity index (χ0n) is 8.61. The van der Waals surface area contributed by atoms with Gasteiger partial charge in [-0.25, -0.2) is 9.37 Å². The van der Waals surface area contributed by atoms with Gasteiger partial charge in [0.05, 0.1) is 5.51 Å². The number of carbonyl (C=O) groups is 1. The van der Waals surface area contributed by atoms with Gasteiger partial charge in [-0.1, -0.05) is 15.9 Å². The molecule has 1 heterocycles. The van der Waals surface area contributed by atoms with E-state index in [-0.39, 0.29) is 18.3 Å². The second-order valence-electron chi connectivity index (χ2n) is 3.29. The molecule has 17 heavy (non-hydrogen) atoms. The summed E-state index contributed by atoms with van der Waals surface area (Å²) in [6.07, 6.45) is 0. The molecule has 6 heteroatoms. The second kappa shape index (κ2) is 5.37. The van der Waals surface area contributed by atoms with E-state index >= 15 is 0 Å². The molecule has 1 N–H and O–H groups in total. The number of hydrogen-bond acceptors (Lipinski definition) is 3. The lowest BCUT2D eigenvalue weighted by atomic mass is 10.2. The molecule has 2 aromatic rings. The maximum Gasteiger partial charge on any atom is 0.271 e. The summed E-state index contributed by atoms with van der Waals surface area (Å²) in [4.78, 5) is 15.4. The minimum atomic E-state index is -0.341. The van der Waals surface area contributed by atoms with Crippen LogP contribution in [0, 0.1) is 5.82 Å². The van der Waals surface area contributed by atoms with E-state index in [9.17, 15) is 9.18 Å². The van der Waals surface area contributed by atoms with Crippen LogP contribution in [-0.2, 0) is 6.54 Å². The van der Waals surface area contributed by atoms with Gasteiger partial charge in [0.15, 0.2) is 0 Å². The number of aromatic nitrogens is 1. The average molecular weight is 315 g/mol. The fourth-order valence-electron chi connectivity index (χ4n) is 1.27. The SMILES string of the molecule is O=C(NCc1cc(Br)ccc1F)c1cscn1. The van der Waals surface area contributed by atoms with E-state index in [4.69, 9.17) is 0 Å². The van der Waals surface area contributed by atoms with Crippen molar-refractivity contribution in [1.82, 2.24) is 10.3 Å². The Morgan fingerprint density at radius 2 is 2.35 bits per heavy atom. The molecule has 0 aliphatic rings. The minimum absolute atomic E-state index is 0.141. The predicted octanol–water partition coefficient (Wildman–Crippen LogP) is 2.97. The van der Waals surface area contributed by atoms with Crippen LogP contribution in [0.25, 0.3) is 0 Å². The molecule has 0 aliphatic heterocycles. The Morgan fingerprint density at radius 3 is 3.06 bits per heavy atom. The zero-order chi connectivity index (χ0) is 12.3. The molecule has 1 amide bonds. The molecule has 0 saturated carbocycles. The van der Waals surface area contributed by atoms with E-state index in [1.54, 1.807) is 23.0 Å². The van der Waals surface area contributed by atoms with Crippen LogP contribution in [0.4, 0.5) is 4.39 Å². The second-order valence-corrected chi connectivity index (χ2v) is 4.93. The van der Waals surface area contributed by atoms with Crippen molar-refractivity contribution in [3.05, 3.63) is 50.6 Å². The fraction of sp³-hybridized carbons (Fsp3) is 0.0909. The fourth-order valence-corrected chi connectivity index (χ4v) is 2.21. The van der Waals surface area contributed by atoms with Crippen molar-refractivity contribution in [3.8, 4) is 0 Å². The van der Waals surface area contributed by atoms with Gasteiger partial charge in [0.25, 0.3) is 5.91 Å². The Labute approximate surface area is 110 Å². The summed E-state index contributed by atoms with van der Waals surface area (Å²) in [6, 6.07) is 4.60. The Morgan fingerprint density at radius 1 is 1.53 bits per heavy atom. The maximum atomic E-state index is 13.4. The van der Waals surface area contributed by atoms with Gasteiger partial charge in [0.1, 0.15) is 11.5 Å². The van der Waals surface area contributed by atoms with E-state index < -0.39 is 0 Å². The first-order valence-electron chi connectivity index (χ1n) is 4.77. The Bertz CT molecular complexity index is 530. The first-order chi connectivity index (χ1) is 8.16. The first-order valence-corrected chi connectivity index (χ1v) is 6.50. The van der Waals surface area contributed by atoms with Crippen molar-refractivity contribution in [3.63, 3.8) is 0 Å². The highest BCUT2D eigenvalue weighted by Gasteiger charge is 2.09. The van der Waals surface area contributed by atoms with E-state index in [1.807, 2.05) is 0 Å². The summed E-state index contributed by atoms with van der Waals surface area (Å²) in [5, 5.41) is 4.26. The van der Waals surface area contributed by atoms with E-state index in [2.05, 4.69) is 26.2 Å². The van der Waals surface area contributed by atoms with Gasteiger partial charge in [-0.05, 0) is 18.2 Å². The molecule has 0 saturated heterocycles. The third kappa shape index (κ3) is 3.10. The van der Waals surface area contributed by atoms with E-state index in [0.717, 1.165) is 4.47 Å². The molecular weight excluding hydrogens is 307 g/mol.